The predicted molar refractivity (Wildman–Crippen MR) is 106 cm³/mol. The summed E-state index contributed by atoms with van der Waals surface area (Å²) in [4.78, 5) is 17.4. The summed E-state index contributed by atoms with van der Waals surface area (Å²) in [6.07, 6.45) is -0.000179. The van der Waals surface area contributed by atoms with E-state index in [4.69, 9.17) is 20.3 Å². The van der Waals surface area contributed by atoms with E-state index >= 15 is 0 Å². The zero-order valence-electron chi connectivity index (χ0n) is 14.7. The third-order valence-electron chi connectivity index (χ3n) is 3.50. The number of oxime groups is 1. The SMILES string of the molecule is NC(CCNc1nonc1C1=NOC(=C=O)N1c1ccc(F)c(Br)c1)=NS(N)(=O)=O. The maximum Gasteiger partial charge on any atom is 0.320 e. The lowest BCUT2D eigenvalue weighted by Crippen LogP contribution is -2.28. The number of nitrogens with zero attached hydrogens (tertiary/aromatic N) is 5. The lowest BCUT2D eigenvalue weighted by atomic mass is 10.2. The van der Waals surface area contributed by atoms with Gasteiger partial charge in [0.05, 0.1) is 10.2 Å². The Balaban J connectivity index is 1.83. The average molecular weight is 503 g/mol. The van der Waals surface area contributed by atoms with Crippen LogP contribution in [-0.2, 0) is 19.8 Å². The van der Waals surface area contributed by atoms with Crippen molar-refractivity contribution in [3.63, 3.8) is 0 Å². The summed E-state index contributed by atoms with van der Waals surface area (Å²) in [5.41, 5.74) is 5.84. The first-order valence-electron chi connectivity index (χ1n) is 7.88. The molecule has 30 heavy (non-hydrogen) atoms. The van der Waals surface area contributed by atoms with E-state index in [0.717, 1.165) is 0 Å². The first-order valence-corrected chi connectivity index (χ1v) is 10.2. The van der Waals surface area contributed by atoms with E-state index in [1.54, 1.807) is 5.94 Å². The second-order valence-corrected chi connectivity index (χ2v) is 7.65. The molecule has 158 valence electrons. The quantitative estimate of drug-likeness (QED) is 0.267. The largest absolute Gasteiger partial charge is 0.386 e. The maximum atomic E-state index is 13.6. The highest BCUT2D eigenvalue weighted by atomic mass is 79.9. The Bertz CT molecular complexity index is 1190. The van der Waals surface area contributed by atoms with Gasteiger partial charge >= 0.3 is 16.1 Å². The van der Waals surface area contributed by atoms with Crippen LogP contribution in [0.2, 0.25) is 0 Å². The summed E-state index contributed by atoms with van der Waals surface area (Å²) in [7, 11) is -4.11. The van der Waals surface area contributed by atoms with E-state index in [0.29, 0.717) is 5.69 Å². The van der Waals surface area contributed by atoms with Gasteiger partial charge in [0.25, 0.3) is 0 Å². The summed E-state index contributed by atoms with van der Waals surface area (Å²) in [6.45, 7) is 0.0820. The number of halogens is 2. The molecule has 1 aliphatic rings. The Morgan fingerprint density at radius 1 is 1.40 bits per heavy atom. The van der Waals surface area contributed by atoms with E-state index in [-0.39, 0.29) is 46.5 Å². The lowest BCUT2D eigenvalue weighted by molar-refractivity contribution is 0.248. The van der Waals surface area contributed by atoms with Crippen LogP contribution in [0.15, 0.2) is 42.7 Å². The molecule has 0 amide bonds. The van der Waals surface area contributed by atoms with Crippen molar-refractivity contribution in [1.82, 2.24) is 10.3 Å². The Morgan fingerprint density at radius 2 is 2.17 bits per heavy atom. The van der Waals surface area contributed by atoms with Crippen molar-refractivity contribution in [1.29, 1.82) is 0 Å². The van der Waals surface area contributed by atoms with E-state index in [1.165, 1.54) is 23.1 Å². The molecule has 0 atom stereocenters. The van der Waals surface area contributed by atoms with E-state index < -0.39 is 16.0 Å². The van der Waals surface area contributed by atoms with E-state index in [9.17, 15) is 17.6 Å². The number of benzene rings is 1. The van der Waals surface area contributed by atoms with Crippen molar-refractivity contribution >= 4 is 55.3 Å². The normalized spacial score (nSPS) is 14.4. The molecule has 1 aromatic carbocycles. The standard InChI is InChI=1S/C14H12BrFN8O5S/c15-8-5-7(1-2-9(8)16)24-11(6-25)28-22-14(24)12-13(21-29-20-12)19-4-3-10(17)23-30(18,26)27/h1-2,5H,3-4H2,(H2,17,23)(H,19,21)(H2,18,26,27). The topological polar surface area (TPSA) is 191 Å². The van der Waals surface area contributed by atoms with Crippen LogP contribution in [0.3, 0.4) is 0 Å². The monoisotopic (exact) mass is 502 g/mol. The molecule has 5 N–H and O–H groups in total. The zero-order valence-corrected chi connectivity index (χ0v) is 17.1. The van der Waals surface area contributed by atoms with Crippen LogP contribution in [0.5, 0.6) is 0 Å². The molecule has 16 heteroatoms. The minimum Gasteiger partial charge on any atom is -0.386 e. The zero-order chi connectivity index (χ0) is 21.9. The molecule has 0 radical (unpaired) electrons. The fourth-order valence-electron chi connectivity index (χ4n) is 2.31. The van der Waals surface area contributed by atoms with Gasteiger partial charge < -0.3 is 15.9 Å². The first kappa shape index (κ1) is 21.4. The number of carbonyl (C=O) groups excluding carboxylic acids is 1. The molecule has 13 nitrogen and oxygen atoms in total. The van der Waals surface area contributed by atoms with Crippen LogP contribution < -0.4 is 21.1 Å². The number of anilines is 2. The van der Waals surface area contributed by atoms with Crippen molar-refractivity contribution in [3.05, 3.63) is 40.1 Å². The molecule has 2 aromatic rings. The summed E-state index contributed by atoms with van der Waals surface area (Å²) in [5.74, 6) is 0.607. The van der Waals surface area contributed by atoms with E-state index in [1.807, 2.05) is 0 Å². The van der Waals surface area contributed by atoms with Gasteiger partial charge in [-0.3, -0.25) is 0 Å². The number of nitrogens with one attached hydrogen (secondary N) is 1. The highest BCUT2D eigenvalue weighted by molar-refractivity contribution is 9.10. The van der Waals surface area contributed by atoms with Crippen LogP contribution >= 0.6 is 15.9 Å². The molecule has 0 saturated heterocycles. The third-order valence-corrected chi connectivity index (χ3v) is 4.60. The van der Waals surface area contributed by atoms with Gasteiger partial charge in [0.15, 0.2) is 11.6 Å². The van der Waals surface area contributed by atoms with Crippen molar-refractivity contribution < 1.29 is 27.1 Å². The third kappa shape index (κ3) is 4.80. The number of nitrogens with two attached hydrogens (primary N) is 2. The van der Waals surface area contributed by atoms with Crippen molar-refractivity contribution in [3.8, 4) is 0 Å². The molecule has 0 aliphatic carbocycles. The molecule has 0 saturated carbocycles. The number of aromatic nitrogens is 2. The van der Waals surface area contributed by atoms with Gasteiger partial charge in [-0.25, -0.2) is 23.9 Å². The molecular weight excluding hydrogens is 491 g/mol. The molecule has 1 aromatic heterocycles. The summed E-state index contributed by atoms with van der Waals surface area (Å²) < 4.78 is 43.3. The van der Waals surface area contributed by atoms with Gasteiger partial charge in [-0.2, -0.15) is 8.42 Å². The molecule has 0 bridgehead atoms. The van der Waals surface area contributed by atoms with Crippen LogP contribution in [0.25, 0.3) is 0 Å². The van der Waals surface area contributed by atoms with Crippen molar-refractivity contribution in [2.75, 3.05) is 16.8 Å². The number of hydrogen-bond acceptors (Lipinski definition) is 10. The summed E-state index contributed by atoms with van der Waals surface area (Å²) in [6, 6.07) is 3.94. The minimum absolute atomic E-state index is 0.000179. The Kier molecular flexibility index (Phi) is 6.12. The number of hydrogen-bond donors (Lipinski definition) is 3. The van der Waals surface area contributed by atoms with Gasteiger partial charge in [-0.1, -0.05) is 5.16 Å². The second-order valence-electron chi connectivity index (χ2n) is 5.58. The van der Waals surface area contributed by atoms with Gasteiger partial charge in [0.1, 0.15) is 11.7 Å². The molecular formula is C14H12BrFN8O5S. The fraction of sp³-hybridized carbons (Fsp3) is 0.143. The maximum absolute atomic E-state index is 13.6. The predicted octanol–water partition coefficient (Wildman–Crippen LogP) is 0.205. The van der Waals surface area contributed by atoms with Gasteiger partial charge in [0, 0.05) is 13.0 Å². The second kappa shape index (κ2) is 8.58. The number of amidine groups is 2. The van der Waals surface area contributed by atoms with Crippen LogP contribution in [0.4, 0.5) is 15.9 Å². The molecule has 3 rings (SSSR count). The van der Waals surface area contributed by atoms with Crippen LogP contribution in [0.1, 0.15) is 12.1 Å². The lowest BCUT2D eigenvalue weighted by Gasteiger charge is -2.16. The summed E-state index contributed by atoms with van der Waals surface area (Å²) in [5, 5.41) is 18.8. The summed E-state index contributed by atoms with van der Waals surface area (Å²) >= 11 is 3.06. The number of rotatable bonds is 7. The van der Waals surface area contributed by atoms with E-state index in [2.05, 4.69) is 41.1 Å². The fourth-order valence-corrected chi connectivity index (χ4v) is 3.10. The molecule has 2 heterocycles. The van der Waals surface area contributed by atoms with Gasteiger partial charge in [0.2, 0.25) is 11.7 Å². The Labute approximate surface area is 176 Å². The van der Waals surface area contributed by atoms with Crippen molar-refractivity contribution in [2.24, 2.45) is 20.4 Å². The molecule has 0 spiro atoms. The van der Waals surface area contributed by atoms with Crippen molar-refractivity contribution in [2.45, 2.75) is 6.42 Å². The van der Waals surface area contributed by atoms with Gasteiger partial charge in [-0.15, -0.1) is 4.40 Å². The van der Waals surface area contributed by atoms with Crippen LogP contribution in [0, 0.1) is 5.82 Å². The minimum atomic E-state index is -4.11. The highest BCUT2D eigenvalue weighted by Gasteiger charge is 2.34. The molecule has 0 unspecified atom stereocenters. The highest BCUT2D eigenvalue weighted by Crippen LogP contribution is 2.31. The Morgan fingerprint density at radius 3 is 2.83 bits per heavy atom. The first-order chi connectivity index (χ1) is 14.2. The van der Waals surface area contributed by atoms with Gasteiger partial charge in [-0.05, 0) is 44.4 Å². The molecule has 1 aliphatic heterocycles. The smallest absolute Gasteiger partial charge is 0.320 e. The average Bonchev–Trinajstić information content (AvgIpc) is 3.28. The van der Waals surface area contributed by atoms with Crippen LogP contribution in [-0.4, -0.2) is 42.9 Å². The Hall–Kier alpha value is -3.33. The molecule has 0 fully saturated rings.